The van der Waals surface area contributed by atoms with Crippen LogP contribution in [0.2, 0.25) is 10.0 Å². The molecule has 0 atom stereocenters. The lowest BCUT2D eigenvalue weighted by Crippen LogP contribution is -2.11. The molecule has 0 aliphatic carbocycles. The summed E-state index contributed by atoms with van der Waals surface area (Å²) in [6.07, 6.45) is 2.06. The minimum absolute atomic E-state index is 0.0276. The molecule has 2 nitrogen and oxygen atoms in total. The Morgan fingerprint density at radius 2 is 1.37 bits per heavy atom. The van der Waals surface area contributed by atoms with Gasteiger partial charge in [0.15, 0.2) is 5.78 Å². The monoisotopic (exact) mass is 393 g/mol. The molecule has 0 radical (unpaired) electrons. The highest BCUT2D eigenvalue weighted by atomic mass is 35.5. The Labute approximate surface area is 168 Å². The van der Waals surface area contributed by atoms with Crippen molar-refractivity contribution < 1.29 is 4.79 Å². The van der Waals surface area contributed by atoms with E-state index in [-0.39, 0.29) is 11.8 Å². The van der Waals surface area contributed by atoms with Crippen LogP contribution in [0, 0.1) is 0 Å². The molecule has 0 aliphatic heterocycles. The summed E-state index contributed by atoms with van der Waals surface area (Å²) in [5.41, 5.74) is 4.02. The highest BCUT2D eigenvalue weighted by molar-refractivity contribution is 6.30. The predicted octanol–water partition coefficient (Wildman–Crippen LogP) is 6.79. The number of halogens is 2. The molecule has 0 aliphatic rings. The summed E-state index contributed by atoms with van der Waals surface area (Å²) in [7, 11) is 0. The maximum atomic E-state index is 11.7. The Kier molecular flexibility index (Phi) is 4.77. The smallest absolute Gasteiger partial charge is 0.159 e. The van der Waals surface area contributed by atoms with Crippen molar-refractivity contribution in [3.63, 3.8) is 0 Å². The molecule has 0 N–H and O–H groups in total. The maximum absolute atomic E-state index is 11.7. The molecule has 0 saturated carbocycles. The predicted molar refractivity (Wildman–Crippen MR) is 112 cm³/mol. The van der Waals surface area contributed by atoms with Crippen molar-refractivity contribution in [2.24, 2.45) is 0 Å². The van der Waals surface area contributed by atoms with Crippen LogP contribution < -0.4 is 0 Å². The van der Waals surface area contributed by atoms with Gasteiger partial charge in [-0.3, -0.25) is 4.79 Å². The Bertz CT molecular complexity index is 1070. The van der Waals surface area contributed by atoms with Gasteiger partial charge in [0.05, 0.1) is 6.04 Å². The van der Waals surface area contributed by atoms with Crippen LogP contribution in [0.25, 0.3) is 10.9 Å². The van der Waals surface area contributed by atoms with Crippen LogP contribution in [0.3, 0.4) is 0 Å². The molecule has 0 unspecified atom stereocenters. The van der Waals surface area contributed by atoms with Crippen LogP contribution in [0.1, 0.15) is 34.5 Å². The van der Waals surface area contributed by atoms with Gasteiger partial charge >= 0.3 is 0 Å². The van der Waals surface area contributed by atoms with Crippen molar-refractivity contribution in [1.29, 1.82) is 0 Å². The third-order valence-electron chi connectivity index (χ3n) is 4.78. The molecule has 1 heterocycles. The zero-order chi connectivity index (χ0) is 19.0. The van der Waals surface area contributed by atoms with E-state index in [2.05, 4.69) is 10.8 Å². The van der Waals surface area contributed by atoms with Crippen LogP contribution in [0.15, 0.2) is 79.0 Å². The number of rotatable bonds is 4. The Hall–Kier alpha value is -2.55. The third-order valence-corrected chi connectivity index (χ3v) is 5.28. The number of benzene rings is 3. The van der Waals surface area contributed by atoms with Gasteiger partial charge in [-0.15, -0.1) is 0 Å². The largest absolute Gasteiger partial charge is 0.336 e. The van der Waals surface area contributed by atoms with E-state index in [9.17, 15) is 4.79 Å². The van der Waals surface area contributed by atoms with Crippen LogP contribution >= 0.6 is 23.2 Å². The van der Waals surface area contributed by atoms with Gasteiger partial charge in [-0.2, -0.15) is 0 Å². The number of nitrogens with zero attached hydrogens (tertiary/aromatic N) is 1. The number of carbonyl (C=O) groups is 1. The van der Waals surface area contributed by atoms with Crippen LogP contribution in [0.5, 0.6) is 0 Å². The number of carbonyl (C=O) groups excluding carboxylic acids is 1. The molecular weight excluding hydrogens is 377 g/mol. The minimum Gasteiger partial charge on any atom is -0.336 e. The Morgan fingerprint density at radius 1 is 0.815 bits per heavy atom. The average Bonchev–Trinajstić information content (AvgIpc) is 3.08. The second kappa shape index (κ2) is 7.22. The summed E-state index contributed by atoms with van der Waals surface area (Å²) < 4.78 is 2.21. The van der Waals surface area contributed by atoms with E-state index < -0.39 is 0 Å². The number of aromatic nitrogens is 1. The van der Waals surface area contributed by atoms with Crippen LogP contribution in [0.4, 0.5) is 0 Å². The zero-order valence-corrected chi connectivity index (χ0v) is 16.2. The maximum Gasteiger partial charge on any atom is 0.159 e. The van der Waals surface area contributed by atoms with Crippen molar-refractivity contribution in [3.8, 4) is 0 Å². The van der Waals surface area contributed by atoms with E-state index in [0.717, 1.165) is 27.6 Å². The topological polar surface area (TPSA) is 22.0 Å². The van der Waals surface area contributed by atoms with E-state index >= 15 is 0 Å². The van der Waals surface area contributed by atoms with Gasteiger partial charge in [-0.1, -0.05) is 47.5 Å². The highest BCUT2D eigenvalue weighted by Gasteiger charge is 2.18. The summed E-state index contributed by atoms with van der Waals surface area (Å²) in [6, 6.07) is 23.6. The van der Waals surface area contributed by atoms with E-state index in [1.807, 2.05) is 72.8 Å². The highest BCUT2D eigenvalue weighted by Crippen LogP contribution is 2.32. The van der Waals surface area contributed by atoms with Crippen molar-refractivity contribution in [1.82, 2.24) is 4.57 Å². The third kappa shape index (κ3) is 3.51. The first-order valence-corrected chi connectivity index (χ1v) is 9.41. The lowest BCUT2D eigenvalue weighted by atomic mass is 9.98. The van der Waals surface area contributed by atoms with E-state index in [1.165, 1.54) is 0 Å². The molecule has 0 bridgehead atoms. The first-order chi connectivity index (χ1) is 13.0. The summed E-state index contributed by atoms with van der Waals surface area (Å²) in [6.45, 7) is 1.59. The average molecular weight is 394 g/mol. The molecule has 4 heteroatoms. The normalized spacial score (nSPS) is 11.3. The number of hydrogen-bond donors (Lipinski definition) is 0. The van der Waals surface area contributed by atoms with Crippen LogP contribution in [-0.2, 0) is 0 Å². The lowest BCUT2D eigenvalue weighted by Gasteiger charge is -2.22. The zero-order valence-electron chi connectivity index (χ0n) is 14.7. The number of hydrogen-bond acceptors (Lipinski definition) is 1. The molecule has 0 spiro atoms. The van der Waals surface area contributed by atoms with Crippen molar-refractivity contribution >= 4 is 39.9 Å². The van der Waals surface area contributed by atoms with E-state index in [1.54, 1.807) is 6.92 Å². The van der Waals surface area contributed by atoms with Crippen molar-refractivity contribution in [2.75, 3.05) is 0 Å². The first-order valence-electron chi connectivity index (χ1n) is 8.65. The molecule has 0 amide bonds. The van der Waals surface area contributed by atoms with Crippen LogP contribution in [-0.4, -0.2) is 10.4 Å². The molecule has 27 heavy (non-hydrogen) atoms. The molecule has 0 fully saturated rings. The molecule has 3 aromatic carbocycles. The number of ketones is 1. The Balaban J connectivity index is 1.90. The molecular formula is C23H17Cl2NO. The fourth-order valence-corrected chi connectivity index (χ4v) is 3.66. The van der Waals surface area contributed by atoms with Gasteiger partial charge < -0.3 is 4.57 Å². The van der Waals surface area contributed by atoms with E-state index in [4.69, 9.17) is 23.2 Å². The summed E-state index contributed by atoms with van der Waals surface area (Å²) >= 11 is 12.2. The van der Waals surface area contributed by atoms with Gasteiger partial charge in [0.25, 0.3) is 0 Å². The number of fused-ring (bicyclic) bond motifs is 1. The lowest BCUT2D eigenvalue weighted by molar-refractivity contribution is 0.101. The van der Waals surface area contributed by atoms with Crippen molar-refractivity contribution in [2.45, 2.75) is 13.0 Å². The van der Waals surface area contributed by atoms with Gasteiger partial charge in [0.2, 0.25) is 0 Å². The summed E-state index contributed by atoms with van der Waals surface area (Å²) in [4.78, 5) is 11.7. The SMILES string of the molecule is CC(=O)c1ccc2c(ccn2C(c2ccc(Cl)cc2)c2ccc(Cl)cc2)c1. The van der Waals surface area contributed by atoms with Gasteiger partial charge in [0.1, 0.15) is 0 Å². The van der Waals surface area contributed by atoms with E-state index in [0.29, 0.717) is 10.0 Å². The molecule has 1 aromatic heterocycles. The fourth-order valence-electron chi connectivity index (χ4n) is 3.41. The summed E-state index contributed by atoms with van der Waals surface area (Å²) in [5, 5.41) is 2.45. The minimum atomic E-state index is -0.0276. The molecule has 4 rings (SSSR count). The van der Waals surface area contributed by atoms with Gasteiger partial charge in [-0.25, -0.2) is 0 Å². The molecule has 134 valence electrons. The standard InChI is InChI=1S/C23H17Cl2NO/c1-15(27)18-6-11-22-19(14-18)12-13-26(22)23(16-2-7-20(24)8-3-16)17-4-9-21(25)10-5-17/h2-14,23H,1H3. The molecule has 0 saturated heterocycles. The quantitative estimate of drug-likeness (QED) is 0.349. The fraction of sp³-hybridized carbons (Fsp3) is 0.0870. The van der Waals surface area contributed by atoms with Gasteiger partial charge in [-0.05, 0) is 66.6 Å². The second-order valence-corrected chi connectivity index (χ2v) is 7.43. The van der Waals surface area contributed by atoms with Crippen molar-refractivity contribution in [3.05, 3.63) is 106 Å². The summed E-state index contributed by atoms with van der Waals surface area (Å²) in [5.74, 6) is 0.0663. The Morgan fingerprint density at radius 3 is 1.89 bits per heavy atom. The first kappa shape index (κ1) is 17.8. The number of Topliss-reactive ketones (excluding diaryl/α,β-unsaturated/α-hetero) is 1. The van der Waals surface area contributed by atoms with Gasteiger partial charge in [0, 0.05) is 32.7 Å². The molecule has 4 aromatic rings. The second-order valence-electron chi connectivity index (χ2n) is 6.56.